The van der Waals surface area contributed by atoms with Crippen LogP contribution in [-0.4, -0.2) is 33.5 Å². The van der Waals surface area contributed by atoms with Crippen LogP contribution in [0, 0.1) is 23.7 Å². The molecule has 0 spiro atoms. The highest BCUT2D eigenvalue weighted by molar-refractivity contribution is 5.89. The van der Waals surface area contributed by atoms with E-state index < -0.39 is 12.1 Å². The van der Waals surface area contributed by atoms with Gasteiger partial charge in [-0.25, -0.2) is 4.79 Å². The SMILES string of the molecule is CCCC(C)C[C@H](O)C=C[C@H]1[C@H]2CC(CCc3ccccc3C(=O)O)=C[C@H]2C[C@H]1O. The fraction of sp³-hybridized carbons (Fsp3) is 0.577. The van der Waals surface area contributed by atoms with Crippen LogP contribution in [0.4, 0.5) is 0 Å². The lowest BCUT2D eigenvalue weighted by Crippen LogP contribution is -2.18. The molecule has 3 rings (SSSR count). The minimum Gasteiger partial charge on any atom is -0.478 e. The van der Waals surface area contributed by atoms with Crippen LogP contribution in [-0.2, 0) is 6.42 Å². The topological polar surface area (TPSA) is 77.8 Å². The molecule has 164 valence electrons. The summed E-state index contributed by atoms with van der Waals surface area (Å²) in [4.78, 5) is 11.4. The lowest BCUT2D eigenvalue weighted by Gasteiger charge is -2.19. The Morgan fingerprint density at radius 2 is 2.03 bits per heavy atom. The summed E-state index contributed by atoms with van der Waals surface area (Å²) in [6.07, 6.45) is 11.8. The van der Waals surface area contributed by atoms with Gasteiger partial charge >= 0.3 is 5.97 Å². The zero-order valence-electron chi connectivity index (χ0n) is 18.2. The summed E-state index contributed by atoms with van der Waals surface area (Å²) in [5.41, 5.74) is 2.63. The molecular formula is C26H36O4. The first kappa shape index (κ1) is 22.8. The number of allylic oxidation sites excluding steroid dienone is 2. The van der Waals surface area contributed by atoms with Gasteiger partial charge in [0.25, 0.3) is 0 Å². The second-order valence-corrected chi connectivity index (χ2v) is 9.28. The van der Waals surface area contributed by atoms with Gasteiger partial charge in [0.1, 0.15) is 0 Å². The van der Waals surface area contributed by atoms with Gasteiger partial charge in [-0.3, -0.25) is 0 Å². The smallest absolute Gasteiger partial charge is 0.335 e. The van der Waals surface area contributed by atoms with Crippen LogP contribution in [0.3, 0.4) is 0 Å². The van der Waals surface area contributed by atoms with Gasteiger partial charge in [0.05, 0.1) is 17.8 Å². The van der Waals surface area contributed by atoms with Crippen molar-refractivity contribution in [2.75, 3.05) is 0 Å². The average molecular weight is 413 g/mol. The number of fused-ring (bicyclic) bond motifs is 1. The van der Waals surface area contributed by atoms with Gasteiger partial charge in [-0.1, -0.05) is 68.7 Å². The largest absolute Gasteiger partial charge is 0.478 e. The number of benzene rings is 1. The molecule has 0 aromatic heterocycles. The van der Waals surface area contributed by atoms with Gasteiger partial charge < -0.3 is 15.3 Å². The summed E-state index contributed by atoms with van der Waals surface area (Å²) >= 11 is 0. The summed E-state index contributed by atoms with van der Waals surface area (Å²) in [6, 6.07) is 7.22. The van der Waals surface area contributed by atoms with Crippen molar-refractivity contribution in [3.05, 3.63) is 59.2 Å². The van der Waals surface area contributed by atoms with Crippen LogP contribution in [0.25, 0.3) is 0 Å². The number of hydrogen-bond donors (Lipinski definition) is 3. The minimum absolute atomic E-state index is 0.0891. The Labute approximate surface area is 180 Å². The molecule has 1 aromatic rings. The van der Waals surface area contributed by atoms with Gasteiger partial charge in [-0.05, 0) is 61.5 Å². The molecule has 0 amide bonds. The molecule has 1 aromatic carbocycles. The van der Waals surface area contributed by atoms with E-state index in [4.69, 9.17) is 0 Å². The number of aryl methyl sites for hydroxylation is 1. The van der Waals surface area contributed by atoms with Crippen molar-refractivity contribution >= 4 is 5.97 Å². The molecule has 0 heterocycles. The first-order valence-electron chi connectivity index (χ1n) is 11.4. The summed E-state index contributed by atoms with van der Waals surface area (Å²) in [7, 11) is 0. The average Bonchev–Trinajstić information content (AvgIpc) is 3.21. The first-order chi connectivity index (χ1) is 14.4. The molecule has 0 aliphatic heterocycles. The standard InChI is InChI=1S/C26H36O4/c1-3-6-17(2)13-21(27)11-12-23-24-15-18(14-20(24)16-25(23)28)9-10-19-7-4-5-8-22(19)26(29)30/h4-5,7-8,11-12,14,17,20-21,23-25,27-28H,3,6,9-10,13,15-16H2,1-2H3,(H,29,30)/t17?,20-,21+,23-,24-,25+/m0/s1. The van der Waals surface area contributed by atoms with Gasteiger partial charge in [-0.2, -0.15) is 0 Å². The van der Waals surface area contributed by atoms with Crippen LogP contribution >= 0.6 is 0 Å². The molecule has 30 heavy (non-hydrogen) atoms. The zero-order valence-corrected chi connectivity index (χ0v) is 18.2. The number of aliphatic hydroxyl groups is 2. The summed E-state index contributed by atoms with van der Waals surface area (Å²) in [5.74, 6) is 0.496. The summed E-state index contributed by atoms with van der Waals surface area (Å²) in [5, 5.41) is 30.2. The zero-order chi connectivity index (χ0) is 21.7. The van der Waals surface area contributed by atoms with E-state index in [1.54, 1.807) is 12.1 Å². The molecule has 2 aliphatic carbocycles. The maximum Gasteiger partial charge on any atom is 0.335 e. The Morgan fingerprint density at radius 1 is 1.27 bits per heavy atom. The molecule has 1 unspecified atom stereocenters. The number of rotatable bonds is 10. The third-order valence-corrected chi connectivity index (χ3v) is 6.89. The summed E-state index contributed by atoms with van der Waals surface area (Å²) in [6.45, 7) is 4.34. The van der Waals surface area contributed by atoms with Crippen LogP contribution in [0.5, 0.6) is 0 Å². The summed E-state index contributed by atoms with van der Waals surface area (Å²) < 4.78 is 0. The van der Waals surface area contributed by atoms with Gasteiger partial charge in [0.15, 0.2) is 0 Å². The number of aromatic carboxylic acids is 1. The highest BCUT2D eigenvalue weighted by Crippen LogP contribution is 2.48. The van der Waals surface area contributed by atoms with Crippen LogP contribution in [0.1, 0.15) is 68.3 Å². The number of carboxylic acid groups (broad SMARTS) is 1. The van der Waals surface area contributed by atoms with Gasteiger partial charge in [0, 0.05) is 5.92 Å². The quantitative estimate of drug-likeness (QED) is 0.472. The predicted molar refractivity (Wildman–Crippen MR) is 119 cm³/mol. The molecule has 6 atom stereocenters. The Balaban J connectivity index is 1.56. The van der Waals surface area contributed by atoms with Gasteiger partial charge in [-0.15, -0.1) is 0 Å². The van der Waals surface area contributed by atoms with E-state index in [2.05, 4.69) is 26.0 Å². The highest BCUT2D eigenvalue weighted by Gasteiger charge is 2.43. The van der Waals surface area contributed by atoms with Crippen molar-refractivity contribution in [3.8, 4) is 0 Å². The Hall–Kier alpha value is -1.91. The van der Waals surface area contributed by atoms with E-state index in [1.807, 2.05) is 18.2 Å². The molecule has 2 aliphatic rings. The Bertz CT molecular complexity index is 781. The molecule has 1 saturated carbocycles. The highest BCUT2D eigenvalue weighted by atomic mass is 16.4. The third kappa shape index (κ3) is 5.61. The van der Waals surface area contributed by atoms with E-state index >= 15 is 0 Å². The van der Waals surface area contributed by atoms with E-state index in [0.717, 1.165) is 50.5 Å². The molecule has 0 bridgehead atoms. The second kappa shape index (κ2) is 10.4. The molecule has 1 fully saturated rings. The number of carbonyl (C=O) groups is 1. The molecule has 4 heteroatoms. The Kier molecular flexibility index (Phi) is 7.90. The monoisotopic (exact) mass is 412 g/mol. The van der Waals surface area contributed by atoms with Crippen molar-refractivity contribution in [1.82, 2.24) is 0 Å². The molecule has 3 N–H and O–H groups in total. The molecule has 4 nitrogen and oxygen atoms in total. The third-order valence-electron chi connectivity index (χ3n) is 6.89. The van der Waals surface area contributed by atoms with Crippen LogP contribution < -0.4 is 0 Å². The van der Waals surface area contributed by atoms with E-state index in [0.29, 0.717) is 23.3 Å². The van der Waals surface area contributed by atoms with Gasteiger partial charge in [0.2, 0.25) is 0 Å². The number of hydrogen-bond acceptors (Lipinski definition) is 3. The molecular weight excluding hydrogens is 376 g/mol. The van der Waals surface area contributed by atoms with Crippen molar-refractivity contribution in [2.45, 2.75) is 71.0 Å². The maximum absolute atomic E-state index is 11.4. The van der Waals surface area contributed by atoms with Crippen molar-refractivity contribution in [1.29, 1.82) is 0 Å². The molecule has 0 saturated heterocycles. The lowest BCUT2D eigenvalue weighted by molar-refractivity contribution is 0.0695. The first-order valence-corrected chi connectivity index (χ1v) is 11.4. The van der Waals surface area contributed by atoms with E-state index in [-0.39, 0.29) is 12.0 Å². The van der Waals surface area contributed by atoms with E-state index in [1.165, 1.54) is 5.57 Å². The Morgan fingerprint density at radius 3 is 2.77 bits per heavy atom. The normalized spacial score (nSPS) is 27.8. The van der Waals surface area contributed by atoms with E-state index in [9.17, 15) is 20.1 Å². The minimum atomic E-state index is -0.872. The second-order valence-electron chi connectivity index (χ2n) is 9.28. The number of aliphatic hydroxyl groups excluding tert-OH is 2. The van der Waals surface area contributed by atoms with Crippen molar-refractivity contribution in [2.24, 2.45) is 23.7 Å². The van der Waals surface area contributed by atoms with Crippen LogP contribution in [0.15, 0.2) is 48.1 Å². The van der Waals surface area contributed by atoms with Crippen molar-refractivity contribution < 1.29 is 20.1 Å². The lowest BCUT2D eigenvalue weighted by atomic mass is 9.88. The number of carboxylic acids is 1. The predicted octanol–water partition coefficient (Wildman–Crippen LogP) is 5.00. The fourth-order valence-electron chi connectivity index (χ4n) is 5.39. The molecule has 0 radical (unpaired) electrons. The van der Waals surface area contributed by atoms with Crippen molar-refractivity contribution in [3.63, 3.8) is 0 Å². The fourth-order valence-corrected chi connectivity index (χ4v) is 5.39. The maximum atomic E-state index is 11.4. The van der Waals surface area contributed by atoms with Crippen LogP contribution in [0.2, 0.25) is 0 Å².